The number of fused-ring (bicyclic) bond motifs is 2. The van der Waals surface area contributed by atoms with Gasteiger partial charge in [0.2, 0.25) is 5.91 Å². The lowest BCUT2D eigenvalue weighted by Crippen LogP contribution is -2.12. The van der Waals surface area contributed by atoms with Crippen LogP contribution >= 0.6 is 0 Å². The number of amides is 1. The van der Waals surface area contributed by atoms with Crippen LogP contribution in [0, 0.1) is 11.3 Å². The second-order valence-corrected chi connectivity index (χ2v) is 8.73. The molecule has 3 heterocycles. The molecule has 0 aliphatic heterocycles. The molecule has 0 radical (unpaired) electrons. The van der Waals surface area contributed by atoms with Crippen LogP contribution < -0.4 is 5.32 Å². The van der Waals surface area contributed by atoms with Gasteiger partial charge in [0.15, 0.2) is 0 Å². The number of aromatic nitrogens is 3. The van der Waals surface area contributed by atoms with Crippen LogP contribution in [0.4, 0.5) is 5.69 Å². The van der Waals surface area contributed by atoms with Crippen LogP contribution in [0.3, 0.4) is 0 Å². The van der Waals surface area contributed by atoms with Crippen molar-refractivity contribution in [2.45, 2.75) is 45.6 Å². The highest BCUT2D eigenvalue weighted by atomic mass is 16.1. The molecule has 6 heteroatoms. The average Bonchev–Trinajstić information content (AvgIpc) is 3.45. The Hall–Kier alpha value is -4.24. The SMILES string of the molecule is CCc1cc(CC)c2c(C#N)c(/C=C/C(=O)Nc3ccncc3)n(C3CCc4ccccc43)c2n1. The Morgan fingerprint density at radius 1 is 1.20 bits per heavy atom. The first-order chi connectivity index (χ1) is 17.1. The first-order valence-corrected chi connectivity index (χ1v) is 12.1. The fraction of sp³-hybridized carbons (Fsp3) is 0.241. The molecule has 1 aromatic carbocycles. The summed E-state index contributed by atoms with van der Waals surface area (Å²) in [6.45, 7) is 4.20. The zero-order valence-electron chi connectivity index (χ0n) is 20.0. The number of rotatable bonds is 6. The van der Waals surface area contributed by atoms with Crippen molar-refractivity contribution < 1.29 is 4.79 Å². The van der Waals surface area contributed by atoms with E-state index in [-0.39, 0.29) is 11.9 Å². The molecule has 3 aromatic heterocycles. The summed E-state index contributed by atoms with van der Waals surface area (Å²) in [5, 5.41) is 14.0. The van der Waals surface area contributed by atoms with Crippen molar-refractivity contribution in [3.05, 3.63) is 94.6 Å². The van der Waals surface area contributed by atoms with E-state index in [2.05, 4.69) is 65.1 Å². The second kappa shape index (κ2) is 9.55. The lowest BCUT2D eigenvalue weighted by molar-refractivity contribution is -0.111. The number of hydrogen-bond acceptors (Lipinski definition) is 4. The summed E-state index contributed by atoms with van der Waals surface area (Å²) >= 11 is 0. The topological polar surface area (TPSA) is 83.6 Å². The van der Waals surface area contributed by atoms with E-state index in [0.29, 0.717) is 11.3 Å². The quantitative estimate of drug-likeness (QED) is 0.378. The molecule has 0 saturated carbocycles. The van der Waals surface area contributed by atoms with Crippen LogP contribution in [0.1, 0.15) is 60.0 Å². The van der Waals surface area contributed by atoms with Crippen LogP contribution in [0.2, 0.25) is 0 Å². The summed E-state index contributed by atoms with van der Waals surface area (Å²) in [4.78, 5) is 21.7. The lowest BCUT2D eigenvalue weighted by atomic mass is 10.0. The Bertz CT molecular complexity index is 1480. The minimum atomic E-state index is -0.262. The summed E-state index contributed by atoms with van der Waals surface area (Å²) < 4.78 is 2.19. The molecule has 1 aliphatic carbocycles. The van der Waals surface area contributed by atoms with Gasteiger partial charge in [-0.15, -0.1) is 0 Å². The van der Waals surface area contributed by atoms with Crippen molar-refractivity contribution in [1.82, 2.24) is 14.5 Å². The zero-order valence-corrected chi connectivity index (χ0v) is 20.0. The lowest BCUT2D eigenvalue weighted by Gasteiger charge is -2.18. The highest BCUT2D eigenvalue weighted by molar-refractivity contribution is 6.03. The summed E-state index contributed by atoms with van der Waals surface area (Å²) in [7, 11) is 0. The van der Waals surface area contributed by atoms with Crippen molar-refractivity contribution >= 4 is 28.7 Å². The standard InChI is InChI=1S/C29H27N5O/c1-3-19-17-21(4-2)33-29-28(19)24(18-30)26(11-12-27(35)32-22-13-15-31-16-14-22)34(29)25-10-9-20-7-5-6-8-23(20)25/h5-8,11-17,25H,3-4,9-10H2,1-2H3,(H,31,32,35)/b12-11+. The van der Waals surface area contributed by atoms with Gasteiger partial charge >= 0.3 is 0 Å². The number of nitrogens with one attached hydrogen (secondary N) is 1. The van der Waals surface area contributed by atoms with Gasteiger partial charge in [0.05, 0.1) is 17.3 Å². The molecule has 1 atom stereocenters. The molecule has 0 saturated heterocycles. The zero-order chi connectivity index (χ0) is 24.4. The molecule has 0 bridgehead atoms. The maximum atomic E-state index is 12.7. The van der Waals surface area contributed by atoms with Crippen molar-refractivity contribution in [2.24, 2.45) is 0 Å². The smallest absolute Gasteiger partial charge is 0.248 e. The summed E-state index contributed by atoms with van der Waals surface area (Å²) in [6, 6.07) is 16.6. The minimum absolute atomic E-state index is 0.0584. The molecule has 0 spiro atoms. The Morgan fingerprint density at radius 3 is 2.74 bits per heavy atom. The van der Waals surface area contributed by atoms with E-state index < -0.39 is 0 Å². The number of carbonyl (C=O) groups excluding carboxylic acids is 1. The van der Waals surface area contributed by atoms with E-state index in [0.717, 1.165) is 53.7 Å². The largest absolute Gasteiger partial charge is 0.322 e. The third-order valence-electron chi connectivity index (χ3n) is 6.74. The van der Waals surface area contributed by atoms with E-state index in [4.69, 9.17) is 4.98 Å². The Labute approximate surface area is 205 Å². The Morgan fingerprint density at radius 2 is 2.00 bits per heavy atom. The van der Waals surface area contributed by atoms with Crippen molar-refractivity contribution in [3.63, 3.8) is 0 Å². The van der Waals surface area contributed by atoms with Gasteiger partial charge in [0, 0.05) is 35.2 Å². The maximum Gasteiger partial charge on any atom is 0.248 e. The van der Waals surface area contributed by atoms with Gasteiger partial charge in [-0.3, -0.25) is 9.78 Å². The third-order valence-corrected chi connectivity index (χ3v) is 6.74. The molecule has 1 unspecified atom stereocenters. The van der Waals surface area contributed by atoms with Crippen molar-refractivity contribution in [2.75, 3.05) is 5.32 Å². The average molecular weight is 462 g/mol. The number of aryl methyl sites for hydroxylation is 3. The Balaban J connectivity index is 1.69. The van der Waals surface area contributed by atoms with Crippen LogP contribution in [0.25, 0.3) is 17.1 Å². The molecule has 0 fully saturated rings. The number of anilines is 1. The predicted octanol–water partition coefficient (Wildman–Crippen LogP) is 5.62. The van der Waals surface area contributed by atoms with E-state index in [1.54, 1.807) is 30.6 Å². The van der Waals surface area contributed by atoms with Gasteiger partial charge in [0.25, 0.3) is 0 Å². The van der Waals surface area contributed by atoms with E-state index in [1.807, 2.05) is 0 Å². The predicted molar refractivity (Wildman–Crippen MR) is 138 cm³/mol. The highest BCUT2D eigenvalue weighted by Gasteiger charge is 2.30. The number of pyridine rings is 2. The van der Waals surface area contributed by atoms with Crippen LogP contribution in [0.15, 0.2) is 60.9 Å². The molecule has 5 rings (SSSR count). The molecule has 1 N–H and O–H groups in total. The molecule has 1 aliphatic rings. The summed E-state index contributed by atoms with van der Waals surface area (Å²) in [5.41, 5.74) is 7.50. The van der Waals surface area contributed by atoms with Gasteiger partial charge in [-0.25, -0.2) is 4.98 Å². The van der Waals surface area contributed by atoms with Crippen LogP contribution in [-0.4, -0.2) is 20.4 Å². The summed E-state index contributed by atoms with van der Waals surface area (Å²) in [5.74, 6) is -0.262. The van der Waals surface area contributed by atoms with E-state index in [9.17, 15) is 10.1 Å². The fourth-order valence-electron chi connectivity index (χ4n) is 5.08. The van der Waals surface area contributed by atoms with Crippen LogP contribution in [-0.2, 0) is 24.1 Å². The molecule has 6 nitrogen and oxygen atoms in total. The van der Waals surface area contributed by atoms with E-state index in [1.165, 1.54) is 17.2 Å². The molecule has 35 heavy (non-hydrogen) atoms. The molecule has 174 valence electrons. The number of nitrogens with zero attached hydrogens (tertiary/aromatic N) is 4. The maximum absolute atomic E-state index is 12.7. The highest BCUT2D eigenvalue weighted by Crippen LogP contribution is 2.40. The van der Waals surface area contributed by atoms with Gasteiger partial charge in [0.1, 0.15) is 11.7 Å². The summed E-state index contributed by atoms with van der Waals surface area (Å²) in [6.07, 6.45) is 10.0. The monoisotopic (exact) mass is 461 g/mol. The third kappa shape index (κ3) is 4.10. The second-order valence-electron chi connectivity index (χ2n) is 8.73. The molecule has 1 amide bonds. The van der Waals surface area contributed by atoms with Gasteiger partial charge in [-0.1, -0.05) is 38.1 Å². The fourth-order valence-corrected chi connectivity index (χ4v) is 5.08. The molecule has 4 aromatic rings. The van der Waals surface area contributed by atoms with Gasteiger partial charge < -0.3 is 9.88 Å². The first-order valence-electron chi connectivity index (χ1n) is 12.1. The number of carbonyl (C=O) groups is 1. The van der Waals surface area contributed by atoms with Crippen molar-refractivity contribution in [1.29, 1.82) is 5.26 Å². The first kappa shape index (κ1) is 22.5. The number of nitriles is 1. The van der Waals surface area contributed by atoms with Crippen LogP contribution in [0.5, 0.6) is 0 Å². The number of benzene rings is 1. The van der Waals surface area contributed by atoms with Gasteiger partial charge in [-0.2, -0.15) is 5.26 Å². The molecular weight excluding hydrogens is 434 g/mol. The van der Waals surface area contributed by atoms with Gasteiger partial charge in [-0.05, 0) is 66.6 Å². The number of hydrogen-bond donors (Lipinski definition) is 1. The van der Waals surface area contributed by atoms with E-state index >= 15 is 0 Å². The van der Waals surface area contributed by atoms with Crippen molar-refractivity contribution in [3.8, 4) is 6.07 Å². The minimum Gasteiger partial charge on any atom is -0.322 e. The molecular formula is C29H27N5O. The normalized spacial score (nSPS) is 14.8. The Kier molecular flexibility index (Phi) is 6.15.